The van der Waals surface area contributed by atoms with Crippen molar-refractivity contribution in [3.8, 4) is 17.1 Å². The molecule has 5 nitrogen and oxygen atoms in total. The minimum absolute atomic E-state index is 0.0508. The van der Waals surface area contributed by atoms with Crippen LogP contribution in [-0.2, 0) is 11.2 Å². The first-order valence-electron chi connectivity index (χ1n) is 9.38. The van der Waals surface area contributed by atoms with Crippen LogP contribution in [0.1, 0.15) is 24.3 Å². The standard InChI is InChI=1S/C22H22Cl2N2O3/c1-15-13-16(23)7-8-19(15)28-12-4-11-25-21(27)9-10-22-26-14-20(29-22)17-5-2-3-6-18(17)24/h2-3,5-8,13-14H,4,9-12H2,1H3,(H,25,27). The first kappa shape index (κ1) is 21.2. The van der Waals surface area contributed by atoms with E-state index in [1.807, 2.05) is 37.3 Å². The maximum atomic E-state index is 12.0. The Morgan fingerprint density at radius 3 is 2.83 bits per heavy atom. The van der Waals surface area contributed by atoms with Gasteiger partial charge in [0, 0.05) is 30.0 Å². The van der Waals surface area contributed by atoms with Gasteiger partial charge in [0.25, 0.3) is 0 Å². The molecular weight excluding hydrogens is 411 g/mol. The molecule has 0 bridgehead atoms. The van der Waals surface area contributed by atoms with Crippen LogP contribution in [0.5, 0.6) is 5.75 Å². The Balaban J connectivity index is 1.36. The van der Waals surface area contributed by atoms with Crippen LogP contribution >= 0.6 is 23.2 Å². The third kappa shape index (κ3) is 6.24. The molecule has 0 aliphatic heterocycles. The Labute approximate surface area is 180 Å². The number of carbonyl (C=O) groups is 1. The maximum absolute atomic E-state index is 12.0. The van der Waals surface area contributed by atoms with Gasteiger partial charge in [0.2, 0.25) is 5.91 Å². The zero-order valence-corrected chi connectivity index (χ0v) is 17.6. The second kappa shape index (κ2) is 10.3. The molecule has 3 aromatic rings. The second-order valence-electron chi connectivity index (χ2n) is 6.56. The summed E-state index contributed by atoms with van der Waals surface area (Å²) >= 11 is 12.1. The van der Waals surface area contributed by atoms with E-state index in [9.17, 15) is 4.79 Å². The van der Waals surface area contributed by atoms with Crippen LogP contribution in [0.3, 0.4) is 0 Å². The lowest BCUT2D eigenvalue weighted by molar-refractivity contribution is -0.121. The summed E-state index contributed by atoms with van der Waals surface area (Å²) in [6.45, 7) is 3.01. The summed E-state index contributed by atoms with van der Waals surface area (Å²) in [6.07, 6.45) is 3.07. The van der Waals surface area contributed by atoms with Gasteiger partial charge in [0.05, 0.1) is 17.8 Å². The largest absolute Gasteiger partial charge is 0.493 e. The second-order valence-corrected chi connectivity index (χ2v) is 7.40. The highest BCUT2D eigenvalue weighted by Crippen LogP contribution is 2.28. The van der Waals surface area contributed by atoms with Crippen molar-refractivity contribution in [1.29, 1.82) is 0 Å². The van der Waals surface area contributed by atoms with Gasteiger partial charge in [-0.05, 0) is 49.2 Å². The van der Waals surface area contributed by atoms with Crippen molar-refractivity contribution in [2.24, 2.45) is 0 Å². The van der Waals surface area contributed by atoms with E-state index >= 15 is 0 Å². The number of nitrogens with one attached hydrogen (secondary N) is 1. The van der Waals surface area contributed by atoms with Crippen LogP contribution in [0.2, 0.25) is 10.0 Å². The molecule has 1 aromatic heterocycles. The predicted molar refractivity (Wildman–Crippen MR) is 115 cm³/mol. The zero-order chi connectivity index (χ0) is 20.6. The number of hydrogen-bond donors (Lipinski definition) is 1. The van der Waals surface area contributed by atoms with E-state index in [4.69, 9.17) is 32.4 Å². The molecule has 7 heteroatoms. The van der Waals surface area contributed by atoms with Crippen molar-refractivity contribution < 1.29 is 13.9 Å². The van der Waals surface area contributed by atoms with Gasteiger partial charge in [0.1, 0.15) is 5.75 Å². The molecule has 3 rings (SSSR count). The average molecular weight is 433 g/mol. The number of halogens is 2. The van der Waals surface area contributed by atoms with Gasteiger partial charge < -0.3 is 14.5 Å². The average Bonchev–Trinajstić information content (AvgIpc) is 3.17. The fourth-order valence-electron chi connectivity index (χ4n) is 2.78. The first-order chi connectivity index (χ1) is 14.0. The molecule has 0 aliphatic rings. The van der Waals surface area contributed by atoms with Gasteiger partial charge in [-0.25, -0.2) is 4.98 Å². The fraction of sp³-hybridized carbons (Fsp3) is 0.273. The van der Waals surface area contributed by atoms with Crippen LogP contribution in [0.4, 0.5) is 0 Å². The van der Waals surface area contributed by atoms with E-state index in [-0.39, 0.29) is 5.91 Å². The predicted octanol–water partition coefficient (Wildman–Crippen LogP) is 5.47. The van der Waals surface area contributed by atoms with Crippen LogP contribution < -0.4 is 10.1 Å². The molecule has 0 saturated carbocycles. The van der Waals surface area contributed by atoms with Gasteiger partial charge in [-0.15, -0.1) is 0 Å². The third-order valence-corrected chi connectivity index (χ3v) is 4.86. The maximum Gasteiger partial charge on any atom is 0.220 e. The highest BCUT2D eigenvalue weighted by molar-refractivity contribution is 6.33. The van der Waals surface area contributed by atoms with E-state index in [0.29, 0.717) is 54.1 Å². The Morgan fingerprint density at radius 1 is 1.21 bits per heavy atom. The van der Waals surface area contributed by atoms with Crippen LogP contribution in [0, 0.1) is 6.92 Å². The molecule has 1 N–H and O–H groups in total. The summed E-state index contributed by atoms with van der Waals surface area (Å²) < 4.78 is 11.4. The molecule has 0 saturated heterocycles. The number of carbonyl (C=O) groups excluding carboxylic acids is 1. The summed E-state index contributed by atoms with van der Waals surface area (Å²) in [4.78, 5) is 16.2. The number of aromatic nitrogens is 1. The lowest BCUT2D eigenvalue weighted by Gasteiger charge is -2.09. The number of nitrogens with zero attached hydrogens (tertiary/aromatic N) is 1. The number of hydrogen-bond acceptors (Lipinski definition) is 4. The topological polar surface area (TPSA) is 64.4 Å². The molecule has 0 unspecified atom stereocenters. The van der Waals surface area contributed by atoms with E-state index in [2.05, 4.69) is 10.3 Å². The van der Waals surface area contributed by atoms with Crippen LogP contribution in [0.25, 0.3) is 11.3 Å². The molecule has 1 heterocycles. The van der Waals surface area contributed by atoms with Crippen molar-refractivity contribution in [2.75, 3.05) is 13.2 Å². The normalized spacial score (nSPS) is 10.7. The van der Waals surface area contributed by atoms with Crippen molar-refractivity contribution in [3.05, 3.63) is 70.2 Å². The Bertz CT molecular complexity index is 972. The van der Waals surface area contributed by atoms with Crippen LogP contribution in [-0.4, -0.2) is 24.0 Å². The number of oxazole rings is 1. The number of rotatable bonds is 9. The molecule has 1 amide bonds. The minimum atomic E-state index is -0.0508. The number of amides is 1. The summed E-state index contributed by atoms with van der Waals surface area (Å²) in [6, 6.07) is 12.9. The van der Waals surface area contributed by atoms with Gasteiger partial charge in [0.15, 0.2) is 11.7 Å². The van der Waals surface area contributed by atoms with Crippen molar-refractivity contribution in [1.82, 2.24) is 10.3 Å². The van der Waals surface area contributed by atoms with Crippen LogP contribution in [0.15, 0.2) is 53.1 Å². The molecule has 2 aromatic carbocycles. The molecule has 0 aliphatic carbocycles. The Hall–Kier alpha value is -2.50. The zero-order valence-electron chi connectivity index (χ0n) is 16.1. The molecule has 152 valence electrons. The molecule has 0 spiro atoms. The minimum Gasteiger partial charge on any atom is -0.493 e. The van der Waals surface area contributed by atoms with Crippen molar-refractivity contribution in [3.63, 3.8) is 0 Å². The third-order valence-electron chi connectivity index (χ3n) is 4.30. The highest BCUT2D eigenvalue weighted by atomic mass is 35.5. The summed E-state index contributed by atoms with van der Waals surface area (Å²) in [5, 5.41) is 4.17. The van der Waals surface area contributed by atoms with E-state index < -0.39 is 0 Å². The quantitative estimate of drug-likeness (QED) is 0.454. The SMILES string of the molecule is Cc1cc(Cl)ccc1OCCCNC(=O)CCc1ncc(-c2ccccc2Cl)o1. The lowest BCUT2D eigenvalue weighted by Crippen LogP contribution is -2.25. The van der Waals surface area contributed by atoms with E-state index in [1.165, 1.54) is 0 Å². The smallest absolute Gasteiger partial charge is 0.220 e. The van der Waals surface area contributed by atoms with Crippen molar-refractivity contribution >= 4 is 29.1 Å². The summed E-state index contributed by atoms with van der Waals surface area (Å²) in [5.74, 6) is 1.86. The first-order valence-corrected chi connectivity index (χ1v) is 10.1. The van der Waals surface area contributed by atoms with Gasteiger partial charge in [-0.3, -0.25) is 4.79 Å². The number of aryl methyl sites for hydroxylation is 2. The van der Waals surface area contributed by atoms with Gasteiger partial charge in [-0.1, -0.05) is 35.3 Å². The lowest BCUT2D eigenvalue weighted by atomic mass is 10.2. The number of benzene rings is 2. The molecule has 29 heavy (non-hydrogen) atoms. The van der Waals surface area contributed by atoms with Gasteiger partial charge in [-0.2, -0.15) is 0 Å². The molecule has 0 atom stereocenters. The number of ether oxygens (including phenoxy) is 1. The Kier molecular flexibility index (Phi) is 7.55. The molecule has 0 fully saturated rings. The van der Waals surface area contributed by atoms with Crippen molar-refractivity contribution in [2.45, 2.75) is 26.2 Å². The summed E-state index contributed by atoms with van der Waals surface area (Å²) in [7, 11) is 0. The van der Waals surface area contributed by atoms with E-state index in [1.54, 1.807) is 18.3 Å². The highest BCUT2D eigenvalue weighted by Gasteiger charge is 2.11. The molecular formula is C22H22Cl2N2O3. The van der Waals surface area contributed by atoms with Gasteiger partial charge >= 0.3 is 0 Å². The Morgan fingerprint density at radius 2 is 2.03 bits per heavy atom. The molecule has 0 radical (unpaired) electrons. The van der Waals surface area contributed by atoms with E-state index in [0.717, 1.165) is 16.9 Å². The summed E-state index contributed by atoms with van der Waals surface area (Å²) in [5.41, 5.74) is 1.77. The fourth-order valence-corrected chi connectivity index (χ4v) is 3.23. The monoisotopic (exact) mass is 432 g/mol.